The number of halogens is 2. The Morgan fingerprint density at radius 1 is 1.05 bits per heavy atom. The molecule has 2 amide bonds. The monoisotopic (exact) mass is 573 g/mol. The van der Waals surface area contributed by atoms with E-state index in [2.05, 4.69) is 5.32 Å². The Bertz CT molecular complexity index is 1220. The van der Waals surface area contributed by atoms with Crippen molar-refractivity contribution in [1.29, 1.82) is 0 Å². The molecule has 0 bridgehead atoms. The van der Waals surface area contributed by atoms with Crippen molar-refractivity contribution in [2.45, 2.75) is 45.8 Å². The van der Waals surface area contributed by atoms with Crippen molar-refractivity contribution in [3.05, 3.63) is 52.0 Å². The molecule has 0 radical (unpaired) electrons. The molecule has 2 unspecified atom stereocenters. The zero-order valence-corrected chi connectivity index (χ0v) is 24.1. The Morgan fingerprint density at radius 3 is 2.27 bits per heavy atom. The maximum Gasteiger partial charge on any atom is 0.244 e. The van der Waals surface area contributed by atoms with Gasteiger partial charge in [0.15, 0.2) is 0 Å². The number of carbonyl (C=O) groups excluding carboxylic acids is 2. The number of nitrogens with one attached hydrogen (secondary N) is 1. The Morgan fingerprint density at radius 2 is 1.73 bits per heavy atom. The van der Waals surface area contributed by atoms with Gasteiger partial charge in [0.1, 0.15) is 24.1 Å². The first-order valence-corrected chi connectivity index (χ1v) is 14.2. The Hall–Kier alpha value is -2.69. The molecular formula is C25H33Cl2N3O6S. The summed E-state index contributed by atoms with van der Waals surface area (Å²) in [6, 6.07) is 8.36. The van der Waals surface area contributed by atoms with Crippen LogP contribution in [0.15, 0.2) is 36.4 Å². The van der Waals surface area contributed by atoms with Crippen molar-refractivity contribution < 1.29 is 27.5 Å². The predicted molar refractivity (Wildman–Crippen MR) is 146 cm³/mol. The summed E-state index contributed by atoms with van der Waals surface area (Å²) in [6.45, 7) is 4.75. The molecule has 0 aliphatic rings. The molecule has 9 nitrogen and oxygen atoms in total. The fourth-order valence-corrected chi connectivity index (χ4v) is 4.79. The van der Waals surface area contributed by atoms with Crippen LogP contribution in [0, 0.1) is 0 Å². The number of rotatable bonds is 12. The van der Waals surface area contributed by atoms with Gasteiger partial charge in [-0.25, -0.2) is 8.42 Å². The lowest BCUT2D eigenvalue weighted by Crippen LogP contribution is -2.52. The van der Waals surface area contributed by atoms with Crippen LogP contribution in [0.2, 0.25) is 10.0 Å². The molecule has 0 saturated carbocycles. The zero-order valence-electron chi connectivity index (χ0n) is 21.7. The summed E-state index contributed by atoms with van der Waals surface area (Å²) in [5.74, 6) is -0.330. The van der Waals surface area contributed by atoms with Gasteiger partial charge in [-0.15, -0.1) is 0 Å². The minimum Gasteiger partial charge on any atom is -0.497 e. The van der Waals surface area contributed by atoms with Crippen LogP contribution in [0.5, 0.6) is 11.5 Å². The Kier molecular flexibility index (Phi) is 10.9. The first-order chi connectivity index (χ1) is 17.3. The largest absolute Gasteiger partial charge is 0.497 e. The van der Waals surface area contributed by atoms with Crippen molar-refractivity contribution in [1.82, 2.24) is 10.2 Å². The molecule has 0 saturated heterocycles. The van der Waals surface area contributed by atoms with Crippen LogP contribution >= 0.6 is 23.2 Å². The number of ether oxygens (including phenoxy) is 2. The van der Waals surface area contributed by atoms with Crippen molar-refractivity contribution in [3.8, 4) is 11.5 Å². The number of hydrogen-bond acceptors (Lipinski definition) is 6. The van der Waals surface area contributed by atoms with E-state index in [1.165, 1.54) is 37.3 Å². The second kappa shape index (κ2) is 13.2. The first kappa shape index (κ1) is 30.5. The van der Waals surface area contributed by atoms with Gasteiger partial charge in [-0.2, -0.15) is 0 Å². The van der Waals surface area contributed by atoms with Crippen LogP contribution in [0.25, 0.3) is 0 Å². The van der Waals surface area contributed by atoms with E-state index >= 15 is 0 Å². The van der Waals surface area contributed by atoms with Gasteiger partial charge < -0.3 is 19.7 Å². The van der Waals surface area contributed by atoms with Gasteiger partial charge in [-0.05, 0) is 50.1 Å². The number of anilines is 1. The third-order valence-electron chi connectivity index (χ3n) is 5.86. The van der Waals surface area contributed by atoms with Crippen LogP contribution in [-0.4, -0.2) is 64.2 Å². The van der Waals surface area contributed by atoms with Crippen LogP contribution in [-0.2, 0) is 26.2 Å². The van der Waals surface area contributed by atoms with Crippen molar-refractivity contribution >= 4 is 50.7 Å². The number of benzene rings is 2. The molecule has 0 aliphatic heterocycles. The van der Waals surface area contributed by atoms with Crippen LogP contribution in [0.1, 0.15) is 32.8 Å². The summed E-state index contributed by atoms with van der Waals surface area (Å²) >= 11 is 12.4. The normalized spacial score (nSPS) is 12.9. The quantitative estimate of drug-likeness (QED) is 0.409. The third kappa shape index (κ3) is 8.15. The SMILES string of the molecule is CCC(C)NC(=O)C(C)N(Cc1ccc(Cl)cc1Cl)C(=O)CN(c1ccc(OC)cc1OC)S(C)(=O)=O. The molecule has 2 aromatic carbocycles. The minimum atomic E-state index is -3.93. The van der Waals surface area contributed by atoms with E-state index in [1.54, 1.807) is 25.1 Å². The topological polar surface area (TPSA) is 105 Å². The van der Waals surface area contributed by atoms with Gasteiger partial charge in [0.25, 0.3) is 0 Å². The smallest absolute Gasteiger partial charge is 0.244 e. The zero-order chi connectivity index (χ0) is 27.9. The molecule has 0 aromatic heterocycles. The third-order valence-corrected chi connectivity index (χ3v) is 7.57. The summed E-state index contributed by atoms with van der Waals surface area (Å²) < 4.78 is 37.1. The molecular weight excluding hydrogens is 541 g/mol. The molecule has 2 atom stereocenters. The van der Waals surface area contributed by atoms with E-state index in [4.69, 9.17) is 32.7 Å². The predicted octanol–water partition coefficient (Wildman–Crippen LogP) is 4.11. The highest BCUT2D eigenvalue weighted by Crippen LogP contribution is 2.34. The van der Waals surface area contributed by atoms with E-state index in [-0.39, 0.29) is 29.9 Å². The molecule has 0 fully saturated rings. The summed E-state index contributed by atoms with van der Waals surface area (Å²) in [7, 11) is -1.08. The summed E-state index contributed by atoms with van der Waals surface area (Å²) in [5, 5.41) is 3.60. The highest BCUT2D eigenvalue weighted by Gasteiger charge is 2.32. The molecule has 37 heavy (non-hydrogen) atoms. The van der Waals surface area contributed by atoms with E-state index < -0.39 is 28.5 Å². The number of carbonyl (C=O) groups is 2. The van der Waals surface area contributed by atoms with Gasteiger partial charge in [0.2, 0.25) is 21.8 Å². The van der Waals surface area contributed by atoms with Crippen molar-refractivity contribution in [3.63, 3.8) is 0 Å². The second-order valence-electron chi connectivity index (χ2n) is 8.56. The standard InChI is InChI=1S/C25H33Cl2N3O6S/c1-7-16(2)28-25(32)17(3)29(14-18-8-9-19(26)12-21(18)27)24(31)15-30(37(6,33)34)22-11-10-20(35-4)13-23(22)36-5/h8-13,16-17H,7,14-15H2,1-6H3,(H,28,32). The van der Waals surface area contributed by atoms with Crippen LogP contribution < -0.4 is 19.1 Å². The molecule has 2 rings (SSSR count). The summed E-state index contributed by atoms with van der Waals surface area (Å²) in [6.07, 6.45) is 1.69. The van der Waals surface area contributed by atoms with Gasteiger partial charge in [-0.1, -0.05) is 36.2 Å². The Labute approximate surface area is 228 Å². The molecule has 204 valence electrons. The molecule has 2 aromatic rings. The molecule has 0 heterocycles. The van der Waals surface area contributed by atoms with Gasteiger partial charge >= 0.3 is 0 Å². The number of sulfonamides is 1. The number of hydrogen-bond donors (Lipinski definition) is 1. The van der Waals surface area contributed by atoms with Crippen molar-refractivity contribution in [2.75, 3.05) is 31.3 Å². The first-order valence-electron chi connectivity index (χ1n) is 11.6. The van der Waals surface area contributed by atoms with Crippen LogP contribution in [0.3, 0.4) is 0 Å². The highest BCUT2D eigenvalue weighted by atomic mass is 35.5. The van der Waals surface area contributed by atoms with E-state index in [0.717, 1.165) is 10.6 Å². The number of nitrogens with zero attached hydrogens (tertiary/aromatic N) is 2. The average molecular weight is 575 g/mol. The second-order valence-corrected chi connectivity index (χ2v) is 11.3. The maximum absolute atomic E-state index is 13.7. The molecule has 1 N–H and O–H groups in total. The lowest BCUT2D eigenvalue weighted by atomic mass is 10.1. The molecule has 0 aliphatic carbocycles. The van der Waals surface area contributed by atoms with E-state index in [1.807, 2.05) is 13.8 Å². The van der Waals surface area contributed by atoms with Gasteiger partial charge in [0.05, 0.1) is 26.2 Å². The lowest BCUT2D eigenvalue weighted by Gasteiger charge is -2.32. The fraction of sp³-hybridized carbons (Fsp3) is 0.440. The van der Waals surface area contributed by atoms with E-state index in [0.29, 0.717) is 27.8 Å². The lowest BCUT2D eigenvalue weighted by molar-refractivity contribution is -0.139. The maximum atomic E-state index is 13.7. The Balaban J connectivity index is 2.49. The molecule has 12 heteroatoms. The number of methoxy groups -OCH3 is 2. The molecule has 0 spiro atoms. The summed E-state index contributed by atoms with van der Waals surface area (Å²) in [5.41, 5.74) is 0.705. The van der Waals surface area contributed by atoms with Gasteiger partial charge in [-0.3, -0.25) is 13.9 Å². The average Bonchev–Trinajstić information content (AvgIpc) is 2.85. The summed E-state index contributed by atoms with van der Waals surface area (Å²) in [4.78, 5) is 28.0. The highest BCUT2D eigenvalue weighted by molar-refractivity contribution is 7.92. The number of amides is 2. The fourth-order valence-electron chi connectivity index (χ4n) is 3.47. The van der Waals surface area contributed by atoms with E-state index in [9.17, 15) is 18.0 Å². The minimum absolute atomic E-state index is 0.0404. The van der Waals surface area contributed by atoms with Gasteiger partial charge in [0, 0.05) is 28.7 Å². The van der Waals surface area contributed by atoms with Crippen molar-refractivity contribution in [2.24, 2.45) is 0 Å². The van der Waals surface area contributed by atoms with Crippen LogP contribution in [0.4, 0.5) is 5.69 Å².